The van der Waals surface area contributed by atoms with Crippen LogP contribution in [0.3, 0.4) is 0 Å². The van der Waals surface area contributed by atoms with Gasteiger partial charge in [0.1, 0.15) is 10.8 Å². The topological polar surface area (TPSA) is 45.9 Å². The second kappa shape index (κ2) is 5.46. The first-order valence-corrected chi connectivity index (χ1v) is 6.26. The lowest BCUT2D eigenvalue weighted by Crippen LogP contribution is -1.93. The van der Waals surface area contributed by atoms with E-state index in [1.54, 1.807) is 0 Å². The van der Waals surface area contributed by atoms with Crippen molar-refractivity contribution in [3.05, 3.63) is 34.7 Å². The van der Waals surface area contributed by atoms with E-state index in [4.69, 9.17) is 10.00 Å². The molecule has 0 unspecified atom stereocenters. The number of rotatable bonds is 4. The quantitative estimate of drug-likeness (QED) is 0.829. The van der Waals surface area contributed by atoms with Gasteiger partial charge in [-0.3, -0.25) is 0 Å². The van der Waals surface area contributed by atoms with Crippen LogP contribution in [0.4, 0.5) is 0 Å². The molecule has 0 saturated carbocycles. The average Bonchev–Trinajstić information content (AvgIpc) is 2.79. The molecule has 0 radical (unpaired) electrons. The molecular weight excluding hydrogens is 232 g/mol. The molecule has 1 aromatic carbocycles. The predicted molar refractivity (Wildman–Crippen MR) is 68.0 cm³/mol. The van der Waals surface area contributed by atoms with E-state index in [0.29, 0.717) is 13.0 Å². The number of nitriles is 1. The summed E-state index contributed by atoms with van der Waals surface area (Å²) in [6, 6.07) is 9.92. The smallest absolute Gasteiger partial charge is 0.128 e. The Labute approximate surface area is 104 Å². The molecular formula is C13H12N2OS. The van der Waals surface area contributed by atoms with Crippen LogP contribution < -0.4 is 4.74 Å². The summed E-state index contributed by atoms with van der Waals surface area (Å²) in [5.41, 5.74) is 1.86. The third-order valence-corrected chi connectivity index (χ3v) is 3.09. The average molecular weight is 244 g/mol. The summed E-state index contributed by atoms with van der Waals surface area (Å²) >= 11 is 1.51. The number of aromatic nitrogens is 1. The molecule has 0 spiro atoms. The first-order valence-electron chi connectivity index (χ1n) is 5.38. The number of hydrogen-bond acceptors (Lipinski definition) is 4. The summed E-state index contributed by atoms with van der Waals surface area (Å²) in [7, 11) is 0. The maximum atomic E-state index is 8.63. The fraction of sp³-hybridized carbons (Fsp3) is 0.231. The second-order valence-corrected chi connectivity index (χ2v) is 4.33. The lowest BCUT2D eigenvalue weighted by atomic mass is 10.1. The van der Waals surface area contributed by atoms with Crippen LogP contribution in [-0.2, 0) is 6.42 Å². The zero-order valence-corrected chi connectivity index (χ0v) is 10.3. The highest BCUT2D eigenvalue weighted by molar-refractivity contribution is 7.10. The molecule has 0 saturated heterocycles. The Morgan fingerprint density at radius 1 is 1.41 bits per heavy atom. The Morgan fingerprint density at radius 3 is 3.00 bits per heavy atom. The molecule has 0 fully saturated rings. The van der Waals surface area contributed by atoms with E-state index in [9.17, 15) is 0 Å². The van der Waals surface area contributed by atoms with Gasteiger partial charge < -0.3 is 4.74 Å². The van der Waals surface area contributed by atoms with Crippen molar-refractivity contribution < 1.29 is 4.74 Å². The van der Waals surface area contributed by atoms with E-state index >= 15 is 0 Å². The molecule has 1 heterocycles. The van der Waals surface area contributed by atoms with Crippen LogP contribution in [0.5, 0.6) is 5.75 Å². The standard InChI is InChI=1S/C13H12N2OS/c1-2-16-12-6-4-3-5-10(12)11-9-17-13(15-11)7-8-14/h3-6,9H,2,7H2,1H3. The van der Waals surface area contributed by atoms with Crippen LogP contribution >= 0.6 is 11.3 Å². The Hall–Kier alpha value is -1.86. The minimum atomic E-state index is 0.363. The zero-order chi connectivity index (χ0) is 12.1. The highest BCUT2D eigenvalue weighted by Crippen LogP contribution is 2.30. The van der Waals surface area contributed by atoms with Gasteiger partial charge in [0.15, 0.2) is 0 Å². The summed E-state index contributed by atoms with van der Waals surface area (Å²) < 4.78 is 5.56. The van der Waals surface area contributed by atoms with Gasteiger partial charge in [-0.1, -0.05) is 12.1 Å². The number of benzene rings is 1. The first-order chi connectivity index (χ1) is 8.35. The Morgan fingerprint density at radius 2 is 2.24 bits per heavy atom. The van der Waals surface area contributed by atoms with Crippen LogP contribution in [0.2, 0.25) is 0 Å². The number of thiazole rings is 1. The van der Waals surface area contributed by atoms with Gasteiger partial charge in [-0.05, 0) is 19.1 Å². The highest BCUT2D eigenvalue weighted by atomic mass is 32.1. The summed E-state index contributed by atoms with van der Waals surface area (Å²) in [6.07, 6.45) is 0.363. The maximum absolute atomic E-state index is 8.63. The largest absolute Gasteiger partial charge is 0.493 e. The monoisotopic (exact) mass is 244 g/mol. The van der Waals surface area contributed by atoms with Gasteiger partial charge in [0.05, 0.1) is 24.8 Å². The fourth-order valence-electron chi connectivity index (χ4n) is 1.54. The van der Waals surface area contributed by atoms with E-state index in [0.717, 1.165) is 22.0 Å². The molecule has 0 atom stereocenters. The molecule has 0 aliphatic heterocycles. The van der Waals surface area contributed by atoms with Gasteiger partial charge >= 0.3 is 0 Å². The van der Waals surface area contributed by atoms with E-state index in [-0.39, 0.29) is 0 Å². The van der Waals surface area contributed by atoms with Crippen molar-refractivity contribution in [2.45, 2.75) is 13.3 Å². The van der Waals surface area contributed by atoms with Crippen molar-refractivity contribution in [3.63, 3.8) is 0 Å². The Bertz CT molecular complexity index is 542. The van der Waals surface area contributed by atoms with Crippen LogP contribution in [0.1, 0.15) is 11.9 Å². The minimum Gasteiger partial charge on any atom is -0.493 e. The molecule has 3 nitrogen and oxygen atoms in total. The lowest BCUT2D eigenvalue weighted by molar-refractivity contribution is 0.341. The third kappa shape index (κ3) is 2.63. The van der Waals surface area contributed by atoms with Crippen molar-refractivity contribution in [2.75, 3.05) is 6.61 Å². The summed E-state index contributed by atoms with van der Waals surface area (Å²) in [5, 5.41) is 11.4. The van der Waals surface area contributed by atoms with Crippen molar-refractivity contribution in [1.82, 2.24) is 4.98 Å². The van der Waals surface area contributed by atoms with Gasteiger partial charge in [-0.15, -0.1) is 11.3 Å². The molecule has 2 aromatic rings. The predicted octanol–water partition coefficient (Wildman–Crippen LogP) is 3.27. The van der Waals surface area contributed by atoms with E-state index in [2.05, 4.69) is 11.1 Å². The van der Waals surface area contributed by atoms with Crippen molar-refractivity contribution >= 4 is 11.3 Å². The van der Waals surface area contributed by atoms with Crippen LogP contribution in [0.25, 0.3) is 11.3 Å². The molecule has 86 valence electrons. The molecule has 17 heavy (non-hydrogen) atoms. The van der Waals surface area contributed by atoms with Crippen LogP contribution in [0, 0.1) is 11.3 Å². The Kier molecular flexibility index (Phi) is 3.73. The highest BCUT2D eigenvalue weighted by Gasteiger charge is 2.09. The third-order valence-electron chi connectivity index (χ3n) is 2.24. The van der Waals surface area contributed by atoms with Crippen LogP contribution in [-0.4, -0.2) is 11.6 Å². The van der Waals surface area contributed by atoms with Gasteiger partial charge in [-0.25, -0.2) is 4.98 Å². The second-order valence-electron chi connectivity index (χ2n) is 3.39. The summed E-state index contributed by atoms with van der Waals surface area (Å²) in [4.78, 5) is 4.43. The SMILES string of the molecule is CCOc1ccccc1-c1csc(CC#N)n1. The van der Waals surface area contributed by atoms with Gasteiger partial charge in [0.25, 0.3) is 0 Å². The lowest BCUT2D eigenvalue weighted by Gasteiger charge is -2.07. The van der Waals surface area contributed by atoms with E-state index < -0.39 is 0 Å². The Balaban J connectivity index is 2.35. The molecule has 1 aromatic heterocycles. The van der Waals surface area contributed by atoms with Crippen molar-refractivity contribution in [3.8, 4) is 23.1 Å². The molecule has 0 amide bonds. The molecule has 0 aliphatic rings. The number of ether oxygens (including phenoxy) is 1. The van der Waals surface area contributed by atoms with E-state index in [1.165, 1.54) is 11.3 Å². The normalized spacial score (nSPS) is 9.88. The van der Waals surface area contributed by atoms with Gasteiger partial charge in [0.2, 0.25) is 0 Å². The molecule has 4 heteroatoms. The zero-order valence-electron chi connectivity index (χ0n) is 9.51. The van der Waals surface area contributed by atoms with Crippen LogP contribution in [0.15, 0.2) is 29.6 Å². The molecule has 2 rings (SSSR count). The van der Waals surface area contributed by atoms with Gasteiger partial charge in [0, 0.05) is 10.9 Å². The molecule has 0 bridgehead atoms. The molecule has 0 N–H and O–H groups in total. The van der Waals surface area contributed by atoms with Crippen molar-refractivity contribution in [2.24, 2.45) is 0 Å². The fourth-order valence-corrected chi connectivity index (χ4v) is 2.27. The first kappa shape index (κ1) is 11.6. The minimum absolute atomic E-state index is 0.363. The van der Waals surface area contributed by atoms with Crippen molar-refractivity contribution in [1.29, 1.82) is 5.26 Å². The van der Waals surface area contributed by atoms with Gasteiger partial charge in [-0.2, -0.15) is 5.26 Å². The number of nitrogens with zero attached hydrogens (tertiary/aromatic N) is 2. The summed E-state index contributed by atoms with van der Waals surface area (Å²) in [6.45, 7) is 2.59. The summed E-state index contributed by atoms with van der Waals surface area (Å²) in [5.74, 6) is 0.837. The number of para-hydroxylation sites is 1. The number of hydrogen-bond donors (Lipinski definition) is 0. The van der Waals surface area contributed by atoms with E-state index in [1.807, 2.05) is 36.6 Å². The molecule has 0 aliphatic carbocycles. The maximum Gasteiger partial charge on any atom is 0.128 e.